The van der Waals surface area contributed by atoms with Crippen LogP contribution in [0.15, 0.2) is 0 Å². The van der Waals surface area contributed by atoms with Gasteiger partial charge in [-0.15, -0.1) is 0 Å². The molecule has 1 heterocycles. The lowest BCUT2D eigenvalue weighted by atomic mass is 9.67. The van der Waals surface area contributed by atoms with Gasteiger partial charge in [0.05, 0.1) is 0 Å². The third-order valence-electron chi connectivity index (χ3n) is 0.908. The Kier molecular flexibility index (Phi) is 0.677. The molecule has 3 nitrogen and oxygen atoms in total. The quantitative estimate of drug-likeness (QED) is 0.394. The molecular weight excluding hydrogens is 92.8 g/mol. The molecule has 0 bridgehead atoms. The van der Waals surface area contributed by atoms with E-state index in [4.69, 9.17) is 0 Å². The minimum Gasteiger partial charge on any atom is -0.303 e. The fourth-order valence-corrected chi connectivity index (χ4v) is 0.342. The number of rotatable bonds is 0. The van der Waals surface area contributed by atoms with Gasteiger partial charge < -0.3 is 4.90 Å². The molecule has 0 aromatic rings. The van der Waals surface area contributed by atoms with Crippen molar-refractivity contribution in [2.75, 3.05) is 7.05 Å². The number of carbonyl (C=O) groups excluding carboxylic acids is 2. The van der Waals surface area contributed by atoms with Crippen LogP contribution in [0.25, 0.3) is 0 Å². The lowest BCUT2D eigenvalue weighted by Crippen LogP contribution is -2.51. The van der Waals surface area contributed by atoms with Gasteiger partial charge in [0.2, 0.25) is 0 Å². The molecule has 0 unspecified atom stereocenters. The number of amides is 2. The Hall–Kier alpha value is -0.795. The zero-order valence-electron chi connectivity index (χ0n) is 3.84. The molecule has 0 aromatic heterocycles. The van der Waals surface area contributed by atoms with Crippen molar-refractivity contribution in [2.45, 2.75) is 0 Å². The molecule has 1 aliphatic rings. The van der Waals surface area contributed by atoms with Crippen molar-refractivity contribution in [1.82, 2.24) is 4.90 Å². The lowest BCUT2D eigenvalue weighted by molar-refractivity contribution is 0.212. The molecule has 1 radical (unpaired) electrons. The number of nitrogens with zero attached hydrogens (tertiary/aromatic N) is 1. The van der Waals surface area contributed by atoms with E-state index in [1.165, 1.54) is 7.05 Å². The van der Waals surface area contributed by atoms with Gasteiger partial charge in [-0.2, -0.15) is 0 Å². The van der Waals surface area contributed by atoms with E-state index in [-0.39, 0.29) is 11.6 Å². The van der Waals surface area contributed by atoms with Crippen LogP contribution < -0.4 is 0 Å². The number of carbonyl (C=O) groups is 2. The van der Waals surface area contributed by atoms with Crippen LogP contribution in [0.1, 0.15) is 0 Å². The second-order valence-corrected chi connectivity index (χ2v) is 1.38. The zero-order chi connectivity index (χ0) is 5.44. The first-order valence-corrected chi connectivity index (χ1v) is 1.88. The molecule has 1 saturated heterocycles. The zero-order valence-corrected chi connectivity index (χ0v) is 3.84. The van der Waals surface area contributed by atoms with Crippen molar-refractivity contribution in [1.29, 1.82) is 0 Å². The van der Waals surface area contributed by atoms with Crippen molar-refractivity contribution >= 4 is 18.9 Å². The smallest absolute Gasteiger partial charge is 0.303 e. The predicted octanol–water partition coefficient (Wildman–Crippen LogP) is -0.124. The largest absolute Gasteiger partial charge is 0.351 e. The number of hydrogen-bond donors (Lipinski definition) is 0. The lowest BCUT2D eigenvalue weighted by Gasteiger charge is -2.22. The summed E-state index contributed by atoms with van der Waals surface area (Å²) in [6, 6.07) is 0. The molecule has 2 amide bonds. The van der Waals surface area contributed by atoms with E-state index < -0.39 is 0 Å². The fourth-order valence-electron chi connectivity index (χ4n) is 0.342. The Labute approximate surface area is 41.5 Å². The highest BCUT2D eigenvalue weighted by Gasteiger charge is 2.32. The molecule has 1 rings (SSSR count). The molecule has 0 saturated carbocycles. The van der Waals surface area contributed by atoms with Gasteiger partial charge >= 0.3 is 7.28 Å². The van der Waals surface area contributed by atoms with E-state index in [0.29, 0.717) is 0 Å². The fraction of sp³-hybridized carbons (Fsp3) is 0.333. The molecule has 1 aliphatic heterocycles. The Balaban J connectivity index is 2.59. The summed E-state index contributed by atoms with van der Waals surface area (Å²) in [4.78, 5) is 21.2. The van der Waals surface area contributed by atoms with Crippen LogP contribution in [0.4, 0.5) is 9.59 Å². The third-order valence-corrected chi connectivity index (χ3v) is 0.908. The van der Waals surface area contributed by atoms with E-state index in [0.717, 1.165) is 12.2 Å². The van der Waals surface area contributed by atoms with Crippen molar-refractivity contribution in [3.05, 3.63) is 0 Å². The molecule has 7 heavy (non-hydrogen) atoms. The number of hydrogen-bond acceptors (Lipinski definition) is 2. The normalized spacial score (nSPS) is 18.7. The van der Waals surface area contributed by atoms with E-state index in [1.807, 2.05) is 0 Å². The van der Waals surface area contributed by atoms with E-state index in [1.54, 1.807) is 0 Å². The van der Waals surface area contributed by atoms with E-state index in [9.17, 15) is 9.59 Å². The summed E-state index contributed by atoms with van der Waals surface area (Å²) in [6.07, 6.45) is 0. The van der Waals surface area contributed by atoms with Crippen LogP contribution in [0.3, 0.4) is 0 Å². The molecule has 0 atom stereocenters. The molecule has 0 aliphatic carbocycles. The molecule has 35 valence electrons. The van der Waals surface area contributed by atoms with E-state index in [2.05, 4.69) is 0 Å². The highest BCUT2D eigenvalue weighted by molar-refractivity contribution is 7.04. The van der Waals surface area contributed by atoms with Crippen molar-refractivity contribution in [3.8, 4) is 0 Å². The first-order chi connectivity index (χ1) is 3.22. The molecule has 1 fully saturated rings. The van der Waals surface area contributed by atoms with Crippen LogP contribution in [-0.2, 0) is 0 Å². The minimum atomic E-state index is -0.204. The summed E-state index contributed by atoms with van der Waals surface area (Å²) in [7, 11) is 2.50. The van der Waals surface area contributed by atoms with Crippen molar-refractivity contribution in [3.63, 3.8) is 0 Å². The topological polar surface area (TPSA) is 37.4 Å². The summed E-state index contributed by atoms with van der Waals surface area (Å²) in [5, 5.41) is 0. The maximum absolute atomic E-state index is 10.1. The van der Waals surface area contributed by atoms with Crippen LogP contribution in [0.5, 0.6) is 0 Å². The van der Waals surface area contributed by atoms with Gasteiger partial charge in [-0.05, 0) is 0 Å². The summed E-state index contributed by atoms with van der Waals surface area (Å²) in [6.45, 7) is 0. The monoisotopic (exact) mass is 96.0 g/mol. The SMILES string of the molecule is CN1C(=O)[B]C1=O. The minimum absolute atomic E-state index is 0.204. The predicted molar refractivity (Wildman–Crippen MR) is 24.3 cm³/mol. The van der Waals surface area contributed by atoms with Crippen molar-refractivity contribution < 1.29 is 9.59 Å². The Bertz CT molecular complexity index is 119. The van der Waals surface area contributed by atoms with Gasteiger partial charge in [0.1, 0.15) is 0 Å². The summed E-state index contributed by atoms with van der Waals surface area (Å²) in [5.74, 6) is -0.407. The average Bonchev–Trinajstić information content (AvgIpc) is 1.68. The molecular formula is C3H3BNO2. The summed E-state index contributed by atoms with van der Waals surface area (Å²) >= 11 is 0. The van der Waals surface area contributed by atoms with Crippen molar-refractivity contribution in [2.24, 2.45) is 0 Å². The van der Waals surface area contributed by atoms with Gasteiger partial charge in [-0.3, -0.25) is 9.59 Å². The summed E-state index contributed by atoms with van der Waals surface area (Å²) in [5.41, 5.74) is 0. The molecule has 0 aromatic carbocycles. The first-order valence-electron chi connectivity index (χ1n) is 1.88. The Morgan fingerprint density at radius 1 is 1.43 bits per heavy atom. The third kappa shape index (κ3) is 0.426. The average molecular weight is 95.9 g/mol. The van der Waals surface area contributed by atoms with Gasteiger partial charge in [0.25, 0.3) is 0 Å². The van der Waals surface area contributed by atoms with Crippen LogP contribution >= 0.6 is 0 Å². The molecule has 4 heteroatoms. The highest BCUT2D eigenvalue weighted by atomic mass is 16.2. The number of imide groups is 1. The summed E-state index contributed by atoms with van der Waals surface area (Å²) < 4.78 is 0. The highest BCUT2D eigenvalue weighted by Crippen LogP contribution is 1.99. The molecule has 0 spiro atoms. The second kappa shape index (κ2) is 1.09. The maximum Gasteiger partial charge on any atom is 0.351 e. The first kappa shape index (κ1) is 4.37. The van der Waals surface area contributed by atoms with E-state index >= 15 is 0 Å². The van der Waals surface area contributed by atoms with Gasteiger partial charge in [-0.1, -0.05) is 0 Å². The Morgan fingerprint density at radius 3 is 1.86 bits per heavy atom. The van der Waals surface area contributed by atoms with Gasteiger partial charge in [0.15, 0.2) is 11.6 Å². The molecule has 0 N–H and O–H groups in total. The van der Waals surface area contributed by atoms with Crippen LogP contribution in [0, 0.1) is 0 Å². The van der Waals surface area contributed by atoms with Gasteiger partial charge in [-0.25, -0.2) is 0 Å². The van der Waals surface area contributed by atoms with Crippen LogP contribution in [0.2, 0.25) is 0 Å². The van der Waals surface area contributed by atoms with Crippen LogP contribution in [-0.4, -0.2) is 30.8 Å². The Morgan fingerprint density at radius 2 is 1.86 bits per heavy atom. The maximum atomic E-state index is 10.1. The standard InChI is InChI=1S/C3H3BNO2/c1-5-2(6)4-3(5)7/h1H3. The van der Waals surface area contributed by atoms with Gasteiger partial charge in [0, 0.05) is 7.05 Å². The second-order valence-electron chi connectivity index (χ2n) is 1.38.